The quantitative estimate of drug-likeness (QED) is 0.567. The number of nitrogens with one attached hydrogen (secondary N) is 1. The summed E-state index contributed by atoms with van der Waals surface area (Å²) in [6.45, 7) is 4.02. The van der Waals surface area contributed by atoms with Gasteiger partial charge >= 0.3 is 5.97 Å². The molecule has 1 aromatic carbocycles. The van der Waals surface area contributed by atoms with Gasteiger partial charge in [0.05, 0.1) is 0 Å². The lowest BCUT2D eigenvalue weighted by Gasteiger charge is -2.27. The zero-order valence-electron chi connectivity index (χ0n) is 11.9. The fourth-order valence-electron chi connectivity index (χ4n) is 2.12. The number of likely N-dealkylation sites (N-methyl/N-ethyl adjacent to an activating group) is 1. The van der Waals surface area contributed by atoms with Crippen molar-refractivity contribution >= 4 is 17.7 Å². The second-order valence-electron chi connectivity index (χ2n) is 4.71. The molecule has 0 saturated heterocycles. The Labute approximate surface area is 119 Å². The van der Waals surface area contributed by atoms with Crippen molar-refractivity contribution in [2.75, 3.05) is 12.8 Å². The number of hydrogen-bond donors (Lipinski definition) is 2. The molecule has 1 unspecified atom stereocenters. The number of carboxylic acids is 1. The van der Waals surface area contributed by atoms with Gasteiger partial charge in [0, 0.05) is 4.90 Å². The van der Waals surface area contributed by atoms with Gasteiger partial charge in [-0.3, -0.25) is 4.79 Å². The van der Waals surface area contributed by atoms with E-state index in [2.05, 4.69) is 24.4 Å². The third kappa shape index (κ3) is 4.25. The Kier molecular flexibility index (Phi) is 6.38. The fraction of sp³-hybridized carbons (Fsp3) is 0.533. The summed E-state index contributed by atoms with van der Waals surface area (Å²) in [5, 5.41) is 12.3. The molecule has 0 fully saturated rings. The van der Waals surface area contributed by atoms with Gasteiger partial charge in [0.25, 0.3) is 0 Å². The van der Waals surface area contributed by atoms with Gasteiger partial charge in [-0.2, -0.15) is 0 Å². The highest BCUT2D eigenvalue weighted by molar-refractivity contribution is 7.99. The van der Waals surface area contributed by atoms with Gasteiger partial charge in [-0.05, 0) is 50.6 Å². The van der Waals surface area contributed by atoms with Crippen LogP contribution in [0.25, 0.3) is 0 Å². The number of carbonyl (C=O) groups is 1. The number of carboxylic acid groups (broad SMARTS) is 1. The van der Waals surface area contributed by atoms with E-state index in [1.54, 1.807) is 18.8 Å². The summed E-state index contributed by atoms with van der Waals surface area (Å²) in [7, 11) is 1.73. The number of aryl methyl sites for hydroxylation is 1. The zero-order valence-corrected chi connectivity index (χ0v) is 12.7. The lowest BCUT2D eigenvalue weighted by atomic mass is 9.91. The first-order chi connectivity index (χ1) is 9.05. The van der Waals surface area contributed by atoms with Crippen LogP contribution in [0.2, 0.25) is 0 Å². The lowest BCUT2D eigenvalue weighted by molar-refractivity contribution is -0.145. The fourth-order valence-corrected chi connectivity index (χ4v) is 3.10. The minimum absolute atomic E-state index is 0.605. The van der Waals surface area contributed by atoms with Crippen LogP contribution in [0.1, 0.15) is 31.7 Å². The van der Waals surface area contributed by atoms with Gasteiger partial charge in [0.1, 0.15) is 5.54 Å². The van der Waals surface area contributed by atoms with Crippen LogP contribution in [-0.4, -0.2) is 29.4 Å². The highest BCUT2D eigenvalue weighted by Crippen LogP contribution is 2.25. The van der Waals surface area contributed by atoms with Gasteiger partial charge < -0.3 is 10.4 Å². The Balaban J connectivity index is 2.46. The van der Waals surface area contributed by atoms with E-state index in [1.165, 1.54) is 10.5 Å². The van der Waals surface area contributed by atoms with Crippen molar-refractivity contribution in [2.24, 2.45) is 0 Å². The highest BCUT2D eigenvalue weighted by atomic mass is 32.2. The normalized spacial score (nSPS) is 14.1. The van der Waals surface area contributed by atoms with Crippen LogP contribution < -0.4 is 5.32 Å². The first-order valence-electron chi connectivity index (χ1n) is 6.66. The first kappa shape index (κ1) is 16.1. The second-order valence-corrected chi connectivity index (χ2v) is 5.85. The standard InChI is InChI=1S/C15H23NO2S/c1-4-15(16-3,14(17)18)10-7-11-19-13-9-6-5-8-12(13)2/h5-6,8-9,16H,4,7,10-11H2,1-3H3,(H,17,18). The van der Waals surface area contributed by atoms with Gasteiger partial charge in [0.2, 0.25) is 0 Å². The minimum Gasteiger partial charge on any atom is -0.480 e. The lowest BCUT2D eigenvalue weighted by Crippen LogP contribution is -2.49. The molecule has 2 N–H and O–H groups in total. The smallest absolute Gasteiger partial charge is 0.323 e. The number of rotatable bonds is 8. The largest absolute Gasteiger partial charge is 0.480 e. The maximum atomic E-state index is 11.3. The summed E-state index contributed by atoms with van der Waals surface area (Å²) in [6, 6.07) is 8.29. The summed E-state index contributed by atoms with van der Waals surface area (Å²) in [4.78, 5) is 12.6. The van der Waals surface area contributed by atoms with Crippen molar-refractivity contribution in [1.82, 2.24) is 5.32 Å². The first-order valence-corrected chi connectivity index (χ1v) is 7.65. The Morgan fingerprint density at radius 1 is 1.42 bits per heavy atom. The summed E-state index contributed by atoms with van der Waals surface area (Å²) < 4.78 is 0. The Bertz CT molecular complexity index is 416. The number of hydrogen-bond acceptors (Lipinski definition) is 3. The molecule has 1 aromatic rings. The molecule has 0 aliphatic carbocycles. The summed E-state index contributed by atoms with van der Waals surface area (Å²) >= 11 is 1.80. The maximum Gasteiger partial charge on any atom is 0.323 e. The van der Waals surface area contributed by atoms with Crippen molar-refractivity contribution in [3.8, 4) is 0 Å². The molecular weight excluding hydrogens is 258 g/mol. The van der Waals surface area contributed by atoms with Gasteiger partial charge in [-0.25, -0.2) is 0 Å². The summed E-state index contributed by atoms with van der Waals surface area (Å²) in [6.07, 6.45) is 2.15. The van der Waals surface area contributed by atoms with E-state index in [4.69, 9.17) is 0 Å². The van der Waals surface area contributed by atoms with Crippen LogP contribution in [0.3, 0.4) is 0 Å². The molecule has 1 rings (SSSR count). The topological polar surface area (TPSA) is 49.3 Å². The van der Waals surface area contributed by atoms with E-state index in [1.807, 2.05) is 19.1 Å². The molecule has 106 valence electrons. The summed E-state index contributed by atoms with van der Waals surface area (Å²) in [5.41, 5.74) is 0.507. The molecule has 19 heavy (non-hydrogen) atoms. The van der Waals surface area contributed by atoms with E-state index < -0.39 is 11.5 Å². The molecule has 0 amide bonds. The van der Waals surface area contributed by atoms with Crippen molar-refractivity contribution in [3.63, 3.8) is 0 Å². The van der Waals surface area contributed by atoms with E-state index in [0.29, 0.717) is 12.8 Å². The van der Waals surface area contributed by atoms with Gasteiger partial charge in [-0.1, -0.05) is 25.1 Å². The minimum atomic E-state index is -0.772. The third-order valence-corrected chi connectivity index (χ3v) is 4.85. The second kappa shape index (κ2) is 7.56. The molecule has 4 heteroatoms. The Morgan fingerprint density at radius 2 is 2.11 bits per heavy atom. The summed E-state index contributed by atoms with van der Waals surface area (Å²) in [5.74, 6) is 0.195. The number of thioether (sulfide) groups is 1. The molecule has 3 nitrogen and oxygen atoms in total. The van der Waals surface area contributed by atoms with E-state index in [-0.39, 0.29) is 0 Å². The highest BCUT2D eigenvalue weighted by Gasteiger charge is 2.33. The third-order valence-electron chi connectivity index (χ3n) is 3.59. The zero-order chi connectivity index (χ0) is 14.3. The SMILES string of the molecule is CCC(CCCSc1ccccc1C)(NC)C(=O)O. The van der Waals surface area contributed by atoms with Crippen molar-refractivity contribution in [3.05, 3.63) is 29.8 Å². The van der Waals surface area contributed by atoms with Crippen LogP contribution in [0.15, 0.2) is 29.2 Å². The molecule has 0 aliphatic rings. The average Bonchev–Trinajstić information content (AvgIpc) is 2.41. The molecule has 1 atom stereocenters. The van der Waals surface area contributed by atoms with Gasteiger partial charge in [0.15, 0.2) is 0 Å². The molecule has 0 aromatic heterocycles. The maximum absolute atomic E-state index is 11.3. The predicted molar refractivity (Wildman–Crippen MR) is 80.9 cm³/mol. The van der Waals surface area contributed by atoms with Crippen molar-refractivity contribution in [1.29, 1.82) is 0 Å². The molecular formula is C15H23NO2S. The number of aliphatic carboxylic acids is 1. The monoisotopic (exact) mass is 281 g/mol. The van der Waals surface area contributed by atoms with Gasteiger partial charge in [-0.15, -0.1) is 11.8 Å². The van der Waals surface area contributed by atoms with E-state index in [9.17, 15) is 9.90 Å². The molecule has 0 aliphatic heterocycles. The van der Waals surface area contributed by atoms with Crippen molar-refractivity contribution in [2.45, 2.75) is 43.5 Å². The molecule has 0 heterocycles. The molecule has 0 saturated carbocycles. The predicted octanol–water partition coefficient (Wildman–Crippen LogP) is 3.32. The van der Waals surface area contributed by atoms with Crippen LogP contribution in [0, 0.1) is 6.92 Å². The van der Waals surface area contributed by atoms with Crippen LogP contribution in [0.4, 0.5) is 0 Å². The molecule has 0 radical (unpaired) electrons. The van der Waals surface area contributed by atoms with Crippen LogP contribution in [-0.2, 0) is 4.79 Å². The van der Waals surface area contributed by atoms with Crippen LogP contribution >= 0.6 is 11.8 Å². The molecule has 0 spiro atoms. The van der Waals surface area contributed by atoms with Crippen LogP contribution in [0.5, 0.6) is 0 Å². The Hall–Kier alpha value is -1.00. The average molecular weight is 281 g/mol. The number of benzene rings is 1. The Morgan fingerprint density at radius 3 is 2.63 bits per heavy atom. The van der Waals surface area contributed by atoms with Crippen molar-refractivity contribution < 1.29 is 9.90 Å². The van der Waals surface area contributed by atoms with E-state index >= 15 is 0 Å². The van der Waals surface area contributed by atoms with E-state index in [0.717, 1.165) is 12.2 Å². The molecule has 0 bridgehead atoms.